The average molecular weight is 286 g/mol. The van der Waals surface area contributed by atoms with E-state index in [4.69, 9.17) is 0 Å². The highest BCUT2D eigenvalue weighted by molar-refractivity contribution is 5.26. The molecule has 1 aromatic rings. The van der Waals surface area contributed by atoms with Gasteiger partial charge in [-0.15, -0.1) is 0 Å². The Kier molecular flexibility index (Phi) is 4.97. The van der Waals surface area contributed by atoms with Crippen LogP contribution in [0.2, 0.25) is 0 Å². The Labute approximate surface area is 129 Å². The number of likely N-dealkylation sites (tertiary alicyclic amines) is 1. The number of piperidine rings is 1. The third kappa shape index (κ3) is 3.87. The van der Waals surface area contributed by atoms with Gasteiger partial charge in [0.2, 0.25) is 0 Å². The molecule has 1 saturated heterocycles. The van der Waals surface area contributed by atoms with Crippen LogP contribution in [0.3, 0.4) is 0 Å². The molecule has 0 spiro atoms. The molecule has 1 heterocycles. The number of hydrogen-bond donors (Lipinski definition) is 1. The molecule has 2 fully saturated rings. The lowest BCUT2D eigenvalue weighted by molar-refractivity contribution is 0.171. The smallest absolute Gasteiger partial charge is 0.00940 e. The Bertz CT molecular complexity index is 425. The summed E-state index contributed by atoms with van der Waals surface area (Å²) in [5.74, 6) is 0.795. The maximum Gasteiger partial charge on any atom is 0.00940 e. The molecule has 2 nitrogen and oxygen atoms in total. The van der Waals surface area contributed by atoms with Gasteiger partial charge >= 0.3 is 0 Å². The van der Waals surface area contributed by atoms with Crippen molar-refractivity contribution >= 4 is 0 Å². The fourth-order valence-corrected chi connectivity index (χ4v) is 3.84. The van der Waals surface area contributed by atoms with E-state index in [1.807, 2.05) is 0 Å². The quantitative estimate of drug-likeness (QED) is 0.888. The average Bonchev–Trinajstić information content (AvgIpc) is 2.46. The van der Waals surface area contributed by atoms with Crippen LogP contribution in [-0.2, 0) is 0 Å². The van der Waals surface area contributed by atoms with E-state index >= 15 is 0 Å². The van der Waals surface area contributed by atoms with E-state index in [1.54, 1.807) is 0 Å². The summed E-state index contributed by atoms with van der Waals surface area (Å²) in [5.41, 5.74) is 2.91. The second-order valence-corrected chi connectivity index (χ2v) is 7.06. The van der Waals surface area contributed by atoms with Crippen molar-refractivity contribution < 1.29 is 0 Å². The van der Waals surface area contributed by atoms with Crippen LogP contribution in [0, 0.1) is 6.92 Å². The minimum absolute atomic E-state index is 0.763. The fourth-order valence-electron chi connectivity index (χ4n) is 3.84. The molecule has 0 radical (unpaired) electrons. The maximum atomic E-state index is 3.90. The van der Waals surface area contributed by atoms with Crippen LogP contribution in [-0.4, -0.2) is 36.6 Å². The van der Waals surface area contributed by atoms with E-state index in [2.05, 4.69) is 48.3 Å². The van der Waals surface area contributed by atoms with Gasteiger partial charge < -0.3 is 10.2 Å². The Morgan fingerprint density at radius 2 is 1.71 bits per heavy atom. The second kappa shape index (κ2) is 6.93. The van der Waals surface area contributed by atoms with Crippen LogP contribution < -0.4 is 5.32 Å². The van der Waals surface area contributed by atoms with Gasteiger partial charge in [-0.25, -0.2) is 0 Å². The molecule has 3 rings (SSSR count). The van der Waals surface area contributed by atoms with Crippen molar-refractivity contribution in [3.05, 3.63) is 35.4 Å². The van der Waals surface area contributed by atoms with Gasteiger partial charge in [0.15, 0.2) is 0 Å². The summed E-state index contributed by atoms with van der Waals surface area (Å²) >= 11 is 0. The molecular formula is C19H30N2. The number of nitrogens with zero attached hydrogens (tertiary/aromatic N) is 1. The lowest BCUT2D eigenvalue weighted by Gasteiger charge is -2.41. The molecule has 0 unspecified atom stereocenters. The van der Waals surface area contributed by atoms with Gasteiger partial charge in [0.1, 0.15) is 0 Å². The standard InChI is InChI=1S/C19H30N2/c1-3-10-21-11-8-18(9-12-21)20-19-13-17(14-19)16-6-4-15(2)5-7-16/h4-7,17-20H,3,8-14H2,1-2H3. The van der Waals surface area contributed by atoms with Gasteiger partial charge in [-0.1, -0.05) is 36.8 Å². The molecule has 21 heavy (non-hydrogen) atoms. The molecule has 116 valence electrons. The minimum Gasteiger partial charge on any atom is -0.311 e. The summed E-state index contributed by atoms with van der Waals surface area (Å²) in [6.45, 7) is 8.31. The zero-order valence-electron chi connectivity index (χ0n) is 13.6. The first kappa shape index (κ1) is 15.1. The maximum absolute atomic E-state index is 3.90. The molecule has 1 saturated carbocycles. The summed E-state index contributed by atoms with van der Waals surface area (Å²) < 4.78 is 0. The summed E-state index contributed by atoms with van der Waals surface area (Å²) in [5, 5.41) is 3.90. The molecule has 1 N–H and O–H groups in total. The predicted octanol–water partition coefficient (Wildman–Crippen LogP) is 3.71. The van der Waals surface area contributed by atoms with E-state index in [-0.39, 0.29) is 0 Å². The summed E-state index contributed by atoms with van der Waals surface area (Å²) in [4.78, 5) is 2.62. The van der Waals surface area contributed by atoms with Crippen LogP contribution in [0.15, 0.2) is 24.3 Å². The Hall–Kier alpha value is -0.860. The van der Waals surface area contributed by atoms with E-state index in [0.29, 0.717) is 0 Å². The van der Waals surface area contributed by atoms with Gasteiger partial charge in [-0.05, 0) is 70.1 Å². The molecule has 0 atom stereocenters. The number of hydrogen-bond acceptors (Lipinski definition) is 2. The highest BCUT2D eigenvalue weighted by atomic mass is 15.1. The van der Waals surface area contributed by atoms with E-state index < -0.39 is 0 Å². The van der Waals surface area contributed by atoms with Crippen molar-refractivity contribution in [1.29, 1.82) is 0 Å². The van der Waals surface area contributed by atoms with Gasteiger partial charge in [0, 0.05) is 12.1 Å². The third-order valence-electron chi connectivity index (χ3n) is 5.29. The van der Waals surface area contributed by atoms with Crippen molar-refractivity contribution in [3.63, 3.8) is 0 Å². The number of rotatable bonds is 5. The van der Waals surface area contributed by atoms with Crippen molar-refractivity contribution in [1.82, 2.24) is 10.2 Å². The molecule has 0 amide bonds. The van der Waals surface area contributed by atoms with Gasteiger partial charge in [0.25, 0.3) is 0 Å². The molecule has 0 aromatic heterocycles. The molecule has 1 aliphatic carbocycles. The van der Waals surface area contributed by atoms with Crippen LogP contribution in [0.5, 0.6) is 0 Å². The largest absolute Gasteiger partial charge is 0.311 e. The van der Waals surface area contributed by atoms with Crippen LogP contribution >= 0.6 is 0 Å². The van der Waals surface area contributed by atoms with Crippen molar-refractivity contribution in [2.75, 3.05) is 19.6 Å². The monoisotopic (exact) mass is 286 g/mol. The topological polar surface area (TPSA) is 15.3 Å². The molecule has 2 heteroatoms. The van der Waals surface area contributed by atoms with Crippen molar-refractivity contribution in [2.45, 2.75) is 64.0 Å². The van der Waals surface area contributed by atoms with Gasteiger partial charge in [-0.3, -0.25) is 0 Å². The Morgan fingerprint density at radius 3 is 2.33 bits per heavy atom. The Morgan fingerprint density at radius 1 is 1.05 bits per heavy atom. The van der Waals surface area contributed by atoms with E-state index in [0.717, 1.165) is 18.0 Å². The SMILES string of the molecule is CCCN1CCC(NC2CC(c3ccc(C)cc3)C2)CC1. The summed E-state index contributed by atoms with van der Waals surface area (Å²) in [6, 6.07) is 10.7. The minimum atomic E-state index is 0.763. The zero-order valence-corrected chi connectivity index (χ0v) is 13.6. The number of nitrogens with one attached hydrogen (secondary N) is 1. The molecule has 0 bridgehead atoms. The second-order valence-electron chi connectivity index (χ2n) is 7.06. The molecular weight excluding hydrogens is 256 g/mol. The molecule has 2 aliphatic rings. The predicted molar refractivity (Wildman–Crippen MR) is 89.8 cm³/mol. The highest BCUT2D eigenvalue weighted by Gasteiger charge is 2.32. The number of benzene rings is 1. The van der Waals surface area contributed by atoms with E-state index in [9.17, 15) is 0 Å². The first-order valence-corrected chi connectivity index (χ1v) is 8.79. The normalized spacial score (nSPS) is 27.5. The molecule has 1 aromatic carbocycles. The first-order valence-electron chi connectivity index (χ1n) is 8.79. The molecule has 1 aliphatic heterocycles. The van der Waals surface area contributed by atoms with Gasteiger partial charge in [0.05, 0.1) is 0 Å². The highest BCUT2D eigenvalue weighted by Crippen LogP contribution is 2.37. The van der Waals surface area contributed by atoms with Crippen molar-refractivity contribution in [2.24, 2.45) is 0 Å². The Balaban J connectivity index is 1.38. The van der Waals surface area contributed by atoms with Crippen LogP contribution in [0.25, 0.3) is 0 Å². The lowest BCUT2D eigenvalue weighted by Crippen LogP contribution is -2.50. The zero-order chi connectivity index (χ0) is 14.7. The summed E-state index contributed by atoms with van der Waals surface area (Å²) in [7, 11) is 0. The fraction of sp³-hybridized carbons (Fsp3) is 0.684. The van der Waals surface area contributed by atoms with Crippen LogP contribution in [0.1, 0.15) is 56.1 Å². The lowest BCUT2D eigenvalue weighted by atomic mass is 9.75. The van der Waals surface area contributed by atoms with E-state index in [1.165, 1.54) is 62.9 Å². The summed E-state index contributed by atoms with van der Waals surface area (Å²) in [6.07, 6.45) is 6.63. The first-order chi connectivity index (χ1) is 10.2. The number of aryl methyl sites for hydroxylation is 1. The van der Waals surface area contributed by atoms with Gasteiger partial charge in [-0.2, -0.15) is 0 Å². The third-order valence-corrected chi connectivity index (χ3v) is 5.29. The van der Waals surface area contributed by atoms with Crippen LogP contribution in [0.4, 0.5) is 0 Å². The van der Waals surface area contributed by atoms with Crippen molar-refractivity contribution in [3.8, 4) is 0 Å².